The Balaban J connectivity index is 1.92. The van der Waals surface area contributed by atoms with Gasteiger partial charge in [0.05, 0.1) is 12.3 Å². The fraction of sp³-hybridized carbons (Fsp3) is 0.611. The number of nitrogens with two attached hydrogens (primary N) is 1. The molecule has 1 atom stereocenters. The van der Waals surface area contributed by atoms with Gasteiger partial charge in [-0.3, -0.25) is 0 Å². The molecule has 0 saturated carbocycles. The Labute approximate surface area is 151 Å². The van der Waals surface area contributed by atoms with Crippen molar-refractivity contribution in [1.82, 2.24) is 9.62 Å². The van der Waals surface area contributed by atoms with Gasteiger partial charge in [-0.15, -0.1) is 0 Å². The van der Waals surface area contributed by atoms with Crippen molar-refractivity contribution >= 4 is 16.0 Å². The van der Waals surface area contributed by atoms with E-state index in [-0.39, 0.29) is 11.8 Å². The Kier molecular flexibility index (Phi) is 6.84. The molecule has 1 aromatic carbocycles. The van der Waals surface area contributed by atoms with Gasteiger partial charge in [-0.05, 0) is 43.7 Å². The van der Waals surface area contributed by atoms with Crippen molar-refractivity contribution in [2.75, 3.05) is 13.1 Å². The smallest absolute Gasteiger partial charge is 0.216 e. The minimum atomic E-state index is -3.30. The lowest BCUT2D eigenvalue weighted by Crippen LogP contribution is -2.43. The molecule has 0 amide bonds. The maximum Gasteiger partial charge on any atom is 0.216 e. The third-order valence-corrected chi connectivity index (χ3v) is 5.74. The van der Waals surface area contributed by atoms with Crippen molar-refractivity contribution in [3.05, 3.63) is 35.4 Å². The number of hydrogen-bond acceptors (Lipinski definition) is 3. The summed E-state index contributed by atoms with van der Waals surface area (Å²) < 4.78 is 26.5. The van der Waals surface area contributed by atoms with Gasteiger partial charge < -0.3 is 10.6 Å². The van der Waals surface area contributed by atoms with E-state index in [0.29, 0.717) is 18.4 Å². The number of piperidine rings is 1. The first-order chi connectivity index (χ1) is 11.7. The minimum Gasteiger partial charge on any atom is -0.370 e. The molecule has 0 bridgehead atoms. The zero-order chi connectivity index (χ0) is 18.4. The van der Waals surface area contributed by atoms with Crippen LogP contribution in [0.4, 0.5) is 0 Å². The molecule has 1 unspecified atom stereocenters. The van der Waals surface area contributed by atoms with E-state index in [1.54, 1.807) is 0 Å². The molecule has 1 saturated heterocycles. The molecule has 1 aliphatic rings. The first kappa shape index (κ1) is 19.7. The molecule has 0 aliphatic carbocycles. The van der Waals surface area contributed by atoms with Crippen molar-refractivity contribution < 1.29 is 8.42 Å². The number of aliphatic imine (C=N–C) groups is 1. The average molecular weight is 367 g/mol. The van der Waals surface area contributed by atoms with Crippen LogP contribution in [0.3, 0.4) is 0 Å². The van der Waals surface area contributed by atoms with E-state index in [0.717, 1.165) is 30.6 Å². The fourth-order valence-corrected chi connectivity index (χ4v) is 4.46. The monoisotopic (exact) mass is 366 g/mol. The molecule has 140 valence electrons. The molecule has 2 rings (SSSR count). The lowest BCUT2D eigenvalue weighted by atomic mass is 10.0. The van der Waals surface area contributed by atoms with Crippen LogP contribution in [0, 0.1) is 5.92 Å². The predicted molar refractivity (Wildman–Crippen MR) is 103 cm³/mol. The molecular formula is C18H30N4O2S. The number of sulfonamides is 1. The minimum absolute atomic E-state index is 0.0114. The first-order valence-electron chi connectivity index (χ1n) is 8.88. The van der Waals surface area contributed by atoms with Gasteiger partial charge in [0.2, 0.25) is 10.0 Å². The van der Waals surface area contributed by atoms with Crippen LogP contribution in [0.25, 0.3) is 0 Å². The summed E-state index contributed by atoms with van der Waals surface area (Å²) >= 11 is 0. The summed E-state index contributed by atoms with van der Waals surface area (Å²) in [5.41, 5.74) is 7.89. The van der Waals surface area contributed by atoms with E-state index in [1.165, 1.54) is 6.42 Å². The molecule has 0 aromatic heterocycles. The van der Waals surface area contributed by atoms with Gasteiger partial charge in [0, 0.05) is 19.1 Å². The van der Waals surface area contributed by atoms with Gasteiger partial charge in [-0.25, -0.2) is 18.1 Å². The second-order valence-electron chi connectivity index (χ2n) is 7.22. The number of nitrogens with one attached hydrogen (secondary N) is 1. The molecule has 25 heavy (non-hydrogen) atoms. The third-order valence-electron chi connectivity index (χ3n) is 4.20. The zero-order valence-electron chi connectivity index (χ0n) is 15.4. The van der Waals surface area contributed by atoms with E-state index in [9.17, 15) is 8.42 Å². The van der Waals surface area contributed by atoms with Crippen molar-refractivity contribution in [2.24, 2.45) is 16.6 Å². The van der Waals surface area contributed by atoms with Crippen LogP contribution in [-0.4, -0.2) is 38.4 Å². The fourth-order valence-electron chi connectivity index (χ4n) is 3.03. The van der Waals surface area contributed by atoms with Crippen LogP contribution in [0.15, 0.2) is 29.3 Å². The van der Waals surface area contributed by atoms with E-state index in [2.05, 4.69) is 21.5 Å². The van der Waals surface area contributed by atoms with Gasteiger partial charge in [-0.2, -0.15) is 0 Å². The van der Waals surface area contributed by atoms with Crippen molar-refractivity contribution in [3.8, 4) is 0 Å². The number of guanidine groups is 1. The summed E-state index contributed by atoms with van der Waals surface area (Å²) in [6.45, 7) is 8.31. The lowest BCUT2D eigenvalue weighted by Gasteiger charge is -2.31. The first-order valence-corrected chi connectivity index (χ1v) is 10.5. The van der Waals surface area contributed by atoms with Gasteiger partial charge in [-0.1, -0.05) is 31.2 Å². The summed E-state index contributed by atoms with van der Waals surface area (Å²) in [4.78, 5) is 6.63. The highest BCUT2D eigenvalue weighted by molar-refractivity contribution is 7.88. The van der Waals surface area contributed by atoms with Crippen LogP contribution in [0.1, 0.15) is 44.7 Å². The number of benzene rings is 1. The normalized spacial score (nSPS) is 19.4. The van der Waals surface area contributed by atoms with Gasteiger partial charge >= 0.3 is 0 Å². The summed E-state index contributed by atoms with van der Waals surface area (Å²) in [6.07, 6.45) is 2.41. The lowest BCUT2D eigenvalue weighted by molar-refractivity contribution is 0.270. The van der Waals surface area contributed by atoms with Gasteiger partial charge in [0.25, 0.3) is 0 Å². The summed E-state index contributed by atoms with van der Waals surface area (Å²) in [7, 11) is -3.30. The quantitative estimate of drug-likeness (QED) is 0.596. The molecule has 1 aromatic rings. The van der Waals surface area contributed by atoms with Crippen LogP contribution < -0.4 is 10.5 Å². The number of nitrogens with zero attached hydrogens (tertiary/aromatic N) is 2. The molecular weight excluding hydrogens is 336 g/mol. The van der Waals surface area contributed by atoms with E-state index < -0.39 is 10.0 Å². The van der Waals surface area contributed by atoms with E-state index in [1.807, 2.05) is 38.1 Å². The Morgan fingerprint density at radius 1 is 1.32 bits per heavy atom. The number of rotatable bonds is 6. The van der Waals surface area contributed by atoms with Crippen molar-refractivity contribution in [1.29, 1.82) is 0 Å². The number of likely N-dealkylation sites (tertiary alicyclic amines) is 1. The second-order valence-corrected chi connectivity index (χ2v) is 8.97. The molecule has 1 heterocycles. The molecule has 1 aliphatic heterocycles. The van der Waals surface area contributed by atoms with Crippen LogP contribution >= 0.6 is 0 Å². The number of hydrogen-bond donors (Lipinski definition) is 2. The molecule has 3 N–H and O–H groups in total. The SMILES string of the molecule is CC1CCCN(C(N)=NCc2ccc(CS(=O)(=O)NC(C)C)cc2)C1. The van der Waals surface area contributed by atoms with Crippen molar-refractivity contribution in [3.63, 3.8) is 0 Å². The third kappa shape index (κ3) is 6.66. The highest BCUT2D eigenvalue weighted by Gasteiger charge is 2.17. The van der Waals surface area contributed by atoms with Crippen LogP contribution in [0.5, 0.6) is 0 Å². The predicted octanol–water partition coefficient (Wildman–Crippen LogP) is 2.06. The maximum atomic E-state index is 12.0. The Morgan fingerprint density at radius 2 is 1.96 bits per heavy atom. The van der Waals surface area contributed by atoms with E-state index >= 15 is 0 Å². The molecule has 0 radical (unpaired) electrons. The Bertz CT molecular complexity index is 684. The maximum absolute atomic E-state index is 12.0. The van der Waals surface area contributed by atoms with Crippen LogP contribution in [0.2, 0.25) is 0 Å². The summed E-state index contributed by atoms with van der Waals surface area (Å²) in [6, 6.07) is 7.40. The van der Waals surface area contributed by atoms with Gasteiger partial charge in [0.15, 0.2) is 5.96 Å². The Morgan fingerprint density at radius 3 is 2.56 bits per heavy atom. The highest BCUT2D eigenvalue weighted by Crippen LogP contribution is 2.15. The Hall–Kier alpha value is -1.60. The standard InChI is InChI=1S/C18H30N4O2S/c1-14(2)21-25(23,24)13-17-8-6-16(7-9-17)11-20-18(19)22-10-4-5-15(3)12-22/h6-9,14-15,21H,4-5,10-13H2,1-3H3,(H2,19,20). The molecule has 6 nitrogen and oxygen atoms in total. The highest BCUT2D eigenvalue weighted by atomic mass is 32.2. The molecule has 7 heteroatoms. The topological polar surface area (TPSA) is 87.8 Å². The van der Waals surface area contributed by atoms with Crippen LogP contribution in [-0.2, 0) is 22.3 Å². The molecule has 1 fully saturated rings. The second kappa shape index (κ2) is 8.67. The summed E-state index contributed by atoms with van der Waals surface area (Å²) in [5, 5.41) is 0. The average Bonchev–Trinajstić information content (AvgIpc) is 2.52. The van der Waals surface area contributed by atoms with Gasteiger partial charge in [0.1, 0.15) is 0 Å². The zero-order valence-corrected chi connectivity index (χ0v) is 16.2. The summed E-state index contributed by atoms with van der Waals surface area (Å²) in [5.74, 6) is 1.24. The van der Waals surface area contributed by atoms with Crippen molar-refractivity contribution in [2.45, 2.75) is 52.0 Å². The molecule has 0 spiro atoms. The largest absolute Gasteiger partial charge is 0.370 e. The van der Waals surface area contributed by atoms with E-state index in [4.69, 9.17) is 5.73 Å².